The number of carbonyl (C=O) groups is 4. The zero-order chi connectivity index (χ0) is 70.3. The van der Waals surface area contributed by atoms with Crippen molar-refractivity contribution >= 4 is 39.5 Å². The van der Waals surface area contributed by atoms with Crippen LogP contribution in [-0.4, -0.2) is 96.7 Å². The molecular weight excluding hydrogens is 1250 g/mol. The van der Waals surface area contributed by atoms with E-state index in [-0.39, 0.29) is 25.7 Å². The Hall–Kier alpha value is -1.94. The number of rotatable bonds is 73. The average Bonchev–Trinajstić information content (AvgIpc) is 1.64. The smallest absolute Gasteiger partial charge is 0.462 e. The van der Waals surface area contributed by atoms with Crippen molar-refractivity contribution in [1.82, 2.24) is 0 Å². The van der Waals surface area contributed by atoms with E-state index >= 15 is 0 Å². The van der Waals surface area contributed by atoms with Crippen LogP contribution in [0.15, 0.2) is 0 Å². The molecule has 0 radical (unpaired) electrons. The van der Waals surface area contributed by atoms with E-state index < -0.39 is 97.5 Å². The molecule has 3 unspecified atom stereocenters. The molecule has 95 heavy (non-hydrogen) atoms. The molecule has 17 nitrogen and oxygen atoms in total. The van der Waals surface area contributed by atoms with E-state index in [1.807, 2.05) is 0 Å². The normalized spacial score (nSPS) is 14.4. The summed E-state index contributed by atoms with van der Waals surface area (Å²) in [7, 11) is -9.91. The third-order valence-electron chi connectivity index (χ3n) is 17.9. The molecular formula is C76H148O17P2. The molecule has 0 bridgehead atoms. The molecule has 0 rings (SSSR count). The molecule has 0 aliphatic carbocycles. The number of ether oxygens (including phenoxy) is 4. The molecule has 6 atom stereocenters. The van der Waals surface area contributed by atoms with E-state index in [2.05, 4.69) is 55.4 Å². The number of esters is 4. The van der Waals surface area contributed by atoms with Gasteiger partial charge < -0.3 is 33.8 Å². The summed E-state index contributed by atoms with van der Waals surface area (Å²) < 4.78 is 68.4. The lowest BCUT2D eigenvalue weighted by Gasteiger charge is -2.21. The van der Waals surface area contributed by atoms with Crippen LogP contribution in [0.5, 0.6) is 0 Å². The Bertz CT molecular complexity index is 1870. The average molecular weight is 1400 g/mol. The van der Waals surface area contributed by atoms with Crippen molar-refractivity contribution in [3.63, 3.8) is 0 Å². The quantitative estimate of drug-likeness (QED) is 0.0222. The second-order valence-corrected chi connectivity index (χ2v) is 32.0. The van der Waals surface area contributed by atoms with Gasteiger partial charge in [0.15, 0.2) is 12.2 Å². The van der Waals surface area contributed by atoms with Gasteiger partial charge in [-0.25, -0.2) is 9.13 Å². The topological polar surface area (TPSA) is 237 Å². The van der Waals surface area contributed by atoms with Gasteiger partial charge in [0, 0.05) is 25.7 Å². The molecule has 0 aromatic heterocycles. The zero-order valence-corrected chi connectivity index (χ0v) is 64.1. The number of hydrogen-bond acceptors (Lipinski definition) is 15. The predicted octanol–water partition coefficient (Wildman–Crippen LogP) is 22.0. The maximum Gasteiger partial charge on any atom is 0.472 e. The highest BCUT2D eigenvalue weighted by atomic mass is 31.2. The van der Waals surface area contributed by atoms with E-state index in [9.17, 15) is 43.2 Å². The van der Waals surface area contributed by atoms with E-state index in [4.69, 9.17) is 37.0 Å². The molecule has 0 aliphatic heterocycles. The molecule has 564 valence electrons. The van der Waals surface area contributed by atoms with Crippen molar-refractivity contribution in [2.24, 2.45) is 23.7 Å². The summed E-state index contributed by atoms with van der Waals surface area (Å²) in [5.74, 6) is 0.899. The van der Waals surface area contributed by atoms with Crippen molar-refractivity contribution in [1.29, 1.82) is 0 Å². The Morgan fingerprint density at radius 3 is 0.747 bits per heavy atom. The van der Waals surface area contributed by atoms with Gasteiger partial charge in [-0.05, 0) is 49.4 Å². The molecule has 0 fully saturated rings. The van der Waals surface area contributed by atoms with Crippen LogP contribution in [0.3, 0.4) is 0 Å². The molecule has 0 heterocycles. The van der Waals surface area contributed by atoms with E-state index in [0.29, 0.717) is 31.6 Å². The van der Waals surface area contributed by atoms with Crippen LogP contribution in [0.4, 0.5) is 0 Å². The van der Waals surface area contributed by atoms with Crippen LogP contribution in [0.1, 0.15) is 383 Å². The van der Waals surface area contributed by atoms with Gasteiger partial charge in [-0.15, -0.1) is 0 Å². The molecule has 0 saturated carbocycles. The second-order valence-electron chi connectivity index (χ2n) is 29.1. The number of phosphoric ester groups is 2. The first kappa shape index (κ1) is 93.1. The van der Waals surface area contributed by atoms with Gasteiger partial charge in [0.25, 0.3) is 0 Å². The molecule has 0 saturated heterocycles. The number of hydrogen-bond donors (Lipinski definition) is 3. The monoisotopic (exact) mass is 1400 g/mol. The number of aliphatic hydroxyl groups is 1. The van der Waals surface area contributed by atoms with Gasteiger partial charge in [0.2, 0.25) is 0 Å². The summed E-state index contributed by atoms with van der Waals surface area (Å²) in [6.07, 6.45) is 50.2. The van der Waals surface area contributed by atoms with Crippen molar-refractivity contribution in [3.05, 3.63) is 0 Å². The standard InChI is InChI=1S/C76H148O17P2/c1-9-69(8)55-47-39-30-26-27-33-43-51-59-76(81)93-72(63-87-74(79)57-49-41-35-34-38-46-54-68(6)7)65-91-95(84,85)89-61-70(77)60-88-94(82,83)90-64-71(92-75(80)58-50-42-32-25-21-20-23-29-37-45-53-67(4)5)62-86-73(78)56-48-40-31-24-19-17-15-13-11-10-12-14-16-18-22-28-36-44-52-66(2)3/h66-72,77H,9-65H2,1-8H3,(H,82,83)(H,84,85)/t69?,70-,71-,72-/m1/s1. The molecule has 0 spiro atoms. The molecule has 0 aromatic carbocycles. The Balaban J connectivity index is 5.18. The summed E-state index contributed by atoms with van der Waals surface area (Å²) in [5, 5.41) is 10.6. The number of carbonyl (C=O) groups excluding carboxylic acids is 4. The van der Waals surface area contributed by atoms with Crippen molar-refractivity contribution in [3.8, 4) is 0 Å². The van der Waals surface area contributed by atoms with Gasteiger partial charge in [-0.1, -0.05) is 331 Å². The molecule has 0 amide bonds. The Kier molecular flexibility index (Phi) is 64.0. The van der Waals surface area contributed by atoms with Gasteiger partial charge in [-0.3, -0.25) is 37.3 Å². The number of aliphatic hydroxyl groups excluding tert-OH is 1. The second kappa shape index (κ2) is 65.4. The fourth-order valence-electron chi connectivity index (χ4n) is 11.5. The SMILES string of the molecule is CCC(C)CCCCCCCCCCC(=O)O[C@H](COC(=O)CCCCCCCCC(C)C)COP(=O)(O)OC[C@H](O)COP(=O)(O)OC[C@@H](COC(=O)CCCCCCCCCCCCCCCCCCCCC(C)C)OC(=O)CCCCCCCCCCCCC(C)C. The van der Waals surface area contributed by atoms with Crippen molar-refractivity contribution < 1.29 is 80.2 Å². The van der Waals surface area contributed by atoms with Gasteiger partial charge in [0.1, 0.15) is 19.3 Å². The van der Waals surface area contributed by atoms with Crippen LogP contribution in [-0.2, 0) is 65.4 Å². The number of unbranched alkanes of at least 4 members (excludes halogenated alkanes) is 38. The van der Waals surface area contributed by atoms with Crippen LogP contribution in [0.25, 0.3) is 0 Å². The molecule has 0 aliphatic rings. The summed E-state index contributed by atoms with van der Waals surface area (Å²) in [6, 6.07) is 0. The summed E-state index contributed by atoms with van der Waals surface area (Å²) in [5.41, 5.74) is 0. The fourth-order valence-corrected chi connectivity index (χ4v) is 13.1. The highest BCUT2D eigenvalue weighted by Gasteiger charge is 2.30. The van der Waals surface area contributed by atoms with Crippen LogP contribution < -0.4 is 0 Å². The first-order valence-electron chi connectivity index (χ1n) is 39.2. The lowest BCUT2D eigenvalue weighted by atomic mass is 9.99. The van der Waals surface area contributed by atoms with Crippen molar-refractivity contribution in [2.75, 3.05) is 39.6 Å². The maximum absolute atomic E-state index is 13.1. The largest absolute Gasteiger partial charge is 0.472 e. The van der Waals surface area contributed by atoms with Crippen LogP contribution >= 0.6 is 15.6 Å². The van der Waals surface area contributed by atoms with Crippen LogP contribution in [0.2, 0.25) is 0 Å². The third kappa shape index (κ3) is 69.0. The van der Waals surface area contributed by atoms with Crippen molar-refractivity contribution in [2.45, 2.75) is 401 Å². The highest BCUT2D eigenvalue weighted by molar-refractivity contribution is 7.47. The Labute approximate surface area is 581 Å². The van der Waals surface area contributed by atoms with E-state index in [0.717, 1.165) is 114 Å². The fraction of sp³-hybridized carbons (Fsp3) is 0.947. The minimum Gasteiger partial charge on any atom is -0.462 e. The lowest BCUT2D eigenvalue weighted by Crippen LogP contribution is -2.30. The summed E-state index contributed by atoms with van der Waals surface area (Å²) >= 11 is 0. The van der Waals surface area contributed by atoms with E-state index in [1.165, 1.54) is 180 Å². The summed E-state index contributed by atoms with van der Waals surface area (Å²) in [6.45, 7) is 14.1. The minimum atomic E-state index is -4.96. The number of phosphoric acid groups is 2. The van der Waals surface area contributed by atoms with Gasteiger partial charge >= 0.3 is 39.5 Å². The van der Waals surface area contributed by atoms with Gasteiger partial charge in [0.05, 0.1) is 26.4 Å². The minimum absolute atomic E-state index is 0.104. The molecule has 3 N–H and O–H groups in total. The molecule has 19 heteroatoms. The Morgan fingerprint density at radius 2 is 0.505 bits per heavy atom. The first-order chi connectivity index (χ1) is 45.6. The zero-order valence-electron chi connectivity index (χ0n) is 62.3. The highest BCUT2D eigenvalue weighted by Crippen LogP contribution is 2.45. The predicted molar refractivity (Wildman–Crippen MR) is 386 cm³/mol. The van der Waals surface area contributed by atoms with Crippen LogP contribution in [0, 0.1) is 23.7 Å². The lowest BCUT2D eigenvalue weighted by molar-refractivity contribution is -0.161. The molecule has 0 aromatic rings. The maximum atomic E-state index is 13.1. The Morgan fingerprint density at radius 1 is 0.295 bits per heavy atom. The summed E-state index contributed by atoms with van der Waals surface area (Å²) in [4.78, 5) is 72.7. The first-order valence-corrected chi connectivity index (χ1v) is 42.2. The van der Waals surface area contributed by atoms with Gasteiger partial charge in [-0.2, -0.15) is 0 Å². The van der Waals surface area contributed by atoms with E-state index in [1.54, 1.807) is 0 Å². The third-order valence-corrected chi connectivity index (χ3v) is 19.8.